The number of aromatic nitrogens is 2. The lowest BCUT2D eigenvalue weighted by molar-refractivity contribution is 0.340. The van der Waals surface area contributed by atoms with Crippen LogP contribution in [0, 0.1) is 0 Å². The molecular formula is C16H23N3O. The second-order valence-corrected chi connectivity index (χ2v) is 4.87. The summed E-state index contributed by atoms with van der Waals surface area (Å²) in [7, 11) is 0. The van der Waals surface area contributed by atoms with Gasteiger partial charge in [0.1, 0.15) is 11.6 Å². The Bertz CT molecular complexity index is 519. The Balaban J connectivity index is 1.89. The van der Waals surface area contributed by atoms with Crippen LogP contribution in [0.3, 0.4) is 0 Å². The lowest BCUT2D eigenvalue weighted by Crippen LogP contribution is -2.06. The lowest BCUT2D eigenvalue weighted by atomic mass is 10.2. The molecule has 0 aliphatic rings. The average molecular weight is 273 g/mol. The highest BCUT2D eigenvalue weighted by Crippen LogP contribution is 2.15. The van der Waals surface area contributed by atoms with E-state index in [0.29, 0.717) is 12.6 Å². The first-order valence-corrected chi connectivity index (χ1v) is 7.23. The van der Waals surface area contributed by atoms with Crippen molar-refractivity contribution in [1.29, 1.82) is 0 Å². The Labute approximate surface area is 120 Å². The third kappa shape index (κ3) is 3.76. The maximum absolute atomic E-state index is 5.43. The Hall–Kier alpha value is -1.97. The van der Waals surface area contributed by atoms with Crippen molar-refractivity contribution in [2.75, 3.05) is 11.9 Å². The molecule has 0 aliphatic heterocycles. The van der Waals surface area contributed by atoms with Gasteiger partial charge in [-0.3, -0.25) is 4.68 Å². The average Bonchev–Trinajstić information content (AvgIpc) is 2.95. The maximum atomic E-state index is 5.43. The highest BCUT2D eigenvalue weighted by atomic mass is 16.5. The van der Waals surface area contributed by atoms with Crippen molar-refractivity contribution in [3.63, 3.8) is 0 Å². The van der Waals surface area contributed by atoms with Crippen LogP contribution in [-0.2, 0) is 6.54 Å². The highest BCUT2D eigenvalue weighted by molar-refractivity contribution is 5.35. The van der Waals surface area contributed by atoms with Crippen LogP contribution in [0.25, 0.3) is 0 Å². The van der Waals surface area contributed by atoms with Gasteiger partial charge in [0.2, 0.25) is 0 Å². The zero-order valence-corrected chi connectivity index (χ0v) is 12.5. The molecule has 1 N–H and O–H groups in total. The van der Waals surface area contributed by atoms with Crippen LogP contribution < -0.4 is 10.1 Å². The van der Waals surface area contributed by atoms with Gasteiger partial charge < -0.3 is 10.1 Å². The lowest BCUT2D eigenvalue weighted by Gasteiger charge is -2.09. The molecule has 2 aromatic rings. The van der Waals surface area contributed by atoms with E-state index >= 15 is 0 Å². The minimum atomic E-state index is 0.441. The molecular weight excluding hydrogens is 250 g/mol. The molecule has 0 saturated heterocycles. The molecule has 0 radical (unpaired) electrons. The third-order valence-electron chi connectivity index (χ3n) is 3.36. The Morgan fingerprint density at radius 3 is 2.60 bits per heavy atom. The Morgan fingerprint density at radius 1 is 1.20 bits per heavy atom. The van der Waals surface area contributed by atoms with E-state index in [4.69, 9.17) is 4.74 Å². The van der Waals surface area contributed by atoms with Gasteiger partial charge in [-0.15, -0.1) is 0 Å². The molecule has 0 aliphatic carbocycles. The highest BCUT2D eigenvalue weighted by Gasteiger charge is 2.04. The van der Waals surface area contributed by atoms with E-state index in [2.05, 4.69) is 36.4 Å². The summed E-state index contributed by atoms with van der Waals surface area (Å²) in [6.07, 6.45) is 3.11. The number of nitrogens with zero attached hydrogens (tertiary/aromatic N) is 2. The third-order valence-corrected chi connectivity index (χ3v) is 3.36. The van der Waals surface area contributed by atoms with Crippen LogP contribution >= 0.6 is 0 Å². The molecule has 1 aromatic carbocycles. The summed E-state index contributed by atoms with van der Waals surface area (Å²) in [6.45, 7) is 7.79. The summed E-state index contributed by atoms with van der Waals surface area (Å²) in [4.78, 5) is 0. The number of nitrogens with one attached hydrogen (secondary N) is 1. The summed E-state index contributed by atoms with van der Waals surface area (Å²) in [5, 5.41) is 7.86. The van der Waals surface area contributed by atoms with Crippen LogP contribution in [0.2, 0.25) is 0 Å². The van der Waals surface area contributed by atoms with E-state index in [-0.39, 0.29) is 0 Å². The van der Waals surface area contributed by atoms with E-state index in [9.17, 15) is 0 Å². The van der Waals surface area contributed by atoms with Crippen LogP contribution in [0.1, 0.15) is 38.8 Å². The Kier molecular flexibility index (Phi) is 5.04. The number of hydrogen-bond donors (Lipinski definition) is 1. The fraction of sp³-hybridized carbons (Fsp3) is 0.438. The molecule has 0 spiro atoms. The second-order valence-electron chi connectivity index (χ2n) is 4.87. The predicted molar refractivity (Wildman–Crippen MR) is 82.2 cm³/mol. The smallest absolute Gasteiger partial charge is 0.148 e. The van der Waals surface area contributed by atoms with Gasteiger partial charge in [0, 0.05) is 24.8 Å². The summed E-state index contributed by atoms with van der Waals surface area (Å²) in [6, 6.07) is 10.6. The molecule has 4 heteroatoms. The first-order chi connectivity index (χ1) is 9.72. The standard InChI is InChI=1S/C16H23N3O/c1-4-13(3)19-11-10-16(18-19)17-12-14-6-8-15(9-7-14)20-5-2/h6-11,13H,4-5,12H2,1-3H3,(H,17,18)/t13-/m0/s1. The van der Waals surface area contributed by atoms with Gasteiger partial charge in [-0.2, -0.15) is 5.10 Å². The number of ether oxygens (including phenoxy) is 1. The monoisotopic (exact) mass is 273 g/mol. The molecule has 0 fully saturated rings. The van der Waals surface area contributed by atoms with Crippen LogP contribution in [0.4, 0.5) is 5.82 Å². The minimum absolute atomic E-state index is 0.441. The number of hydrogen-bond acceptors (Lipinski definition) is 3. The molecule has 108 valence electrons. The number of anilines is 1. The molecule has 4 nitrogen and oxygen atoms in total. The second kappa shape index (κ2) is 6.98. The van der Waals surface area contributed by atoms with Gasteiger partial charge in [0.05, 0.1) is 6.61 Å². The van der Waals surface area contributed by atoms with Crippen LogP contribution in [-0.4, -0.2) is 16.4 Å². The fourth-order valence-electron chi connectivity index (χ4n) is 1.93. The zero-order chi connectivity index (χ0) is 14.4. The predicted octanol–water partition coefficient (Wildman–Crippen LogP) is 3.86. The van der Waals surface area contributed by atoms with Crippen molar-refractivity contribution in [3.8, 4) is 5.75 Å². The molecule has 1 aromatic heterocycles. The van der Waals surface area contributed by atoms with Crippen LogP contribution in [0.15, 0.2) is 36.5 Å². The van der Waals surface area contributed by atoms with Gasteiger partial charge in [0.15, 0.2) is 0 Å². The molecule has 1 atom stereocenters. The van der Waals surface area contributed by atoms with Gasteiger partial charge in [-0.05, 0) is 38.0 Å². The quantitative estimate of drug-likeness (QED) is 0.832. The van der Waals surface area contributed by atoms with E-state index < -0.39 is 0 Å². The first kappa shape index (κ1) is 14.4. The molecule has 0 amide bonds. The zero-order valence-electron chi connectivity index (χ0n) is 12.5. The van der Waals surface area contributed by atoms with Crippen molar-refractivity contribution in [3.05, 3.63) is 42.1 Å². The summed E-state index contributed by atoms with van der Waals surface area (Å²) in [5.74, 6) is 1.83. The van der Waals surface area contributed by atoms with E-state index in [1.165, 1.54) is 5.56 Å². The largest absolute Gasteiger partial charge is 0.494 e. The molecule has 0 saturated carbocycles. The van der Waals surface area contributed by atoms with E-state index in [0.717, 1.165) is 24.5 Å². The van der Waals surface area contributed by atoms with Crippen molar-refractivity contribution < 1.29 is 4.74 Å². The van der Waals surface area contributed by atoms with Crippen molar-refractivity contribution >= 4 is 5.82 Å². The Morgan fingerprint density at radius 2 is 1.95 bits per heavy atom. The van der Waals surface area contributed by atoms with E-state index in [1.54, 1.807) is 0 Å². The van der Waals surface area contributed by atoms with E-state index in [1.807, 2.05) is 36.0 Å². The first-order valence-electron chi connectivity index (χ1n) is 7.23. The SMILES string of the molecule is CCOc1ccc(CNc2ccn([C@@H](C)CC)n2)cc1. The normalized spacial score (nSPS) is 12.2. The number of rotatable bonds is 7. The van der Waals surface area contributed by atoms with Gasteiger partial charge >= 0.3 is 0 Å². The molecule has 0 unspecified atom stereocenters. The van der Waals surface area contributed by atoms with Crippen molar-refractivity contribution in [2.45, 2.75) is 39.8 Å². The minimum Gasteiger partial charge on any atom is -0.494 e. The molecule has 0 bridgehead atoms. The van der Waals surface area contributed by atoms with Gasteiger partial charge in [-0.1, -0.05) is 19.1 Å². The maximum Gasteiger partial charge on any atom is 0.148 e. The molecule has 20 heavy (non-hydrogen) atoms. The number of benzene rings is 1. The van der Waals surface area contributed by atoms with Crippen molar-refractivity contribution in [2.24, 2.45) is 0 Å². The topological polar surface area (TPSA) is 39.1 Å². The summed E-state index contributed by atoms with van der Waals surface area (Å²) in [5.41, 5.74) is 1.21. The summed E-state index contributed by atoms with van der Waals surface area (Å²) < 4.78 is 7.43. The van der Waals surface area contributed by atoms with Gasteiger partial charge in [0.25, 0.3) is 0 Å². The van der Waals surface area contributed by atoms with Gasteiger partial charge in [-0.25, -0.2) is 0 Å². The summed E-state index contributed by atoms with van der Waals surface area (Å²) >= 11 is 0. The van der Waals surface area contributed by atoms with Crippen LogP contribution in [0.5, 0.6) is 5.75 Å². The van der Waals surface area contributed by atoms with Crippen molar-refractivity contribution in [1.82, 2.24) is 9.78 Å². The molecule has 2 rings (SSSR count). The molecule has 1 heterocycles. The fourth-order valence-corrected chi connectivity index (χ4v) is 1.93.